The number of amides is 1. The Morgan fingerprint density at radius 3 is 2.08 bits per heavy atom. The lowest BCUT2D eigenvalue weighted by Gasteiger charge is -2.32. The van der Waals surface area contributed by atoms with Gasteiger partial charge >= 0.3 is 6.09 Å². The van der Waals surface area contributed by atoms with Gasteiger partial charge in [-0.3, -0.25) is 9.69 Å². The van der Waals surface area contributed by atoms with Crippen LogP contribution in [0.3, 0.4) is 0 Å². The van der Waals surface area contributed by atoms with E-state index in [0.29, 0.717) is 0 Å². The molecule has 0 radical (unpaired) electrons. The van der Waals surface area contributed by atoms with Crippen molar-refractivity contribution in [1.82, 2.24) is 4.90 Å². The Labute approximate surface area is 153 Å². The lowest BCUT2D eigenvalue weighted by molar-refractivity contribution is -0.119. The number of ketones is 1. The van der Waals surface area contributed by atoms with E-state index in [1.54, 1.807) is 4.90 Å². The molecule has 26 heavy (non-hydrogen) atoms. The van der Waals surface area contributed by atoms with Gasteiger partial charge < -0.3 is 4.74 Å². The molecule has 1 aliphatic carbocycles. The van der Waals surface area contributed by atoms with Crippen LogP contribution in [0.2, 0.25) is 0 Å². The third kappa shape index (κ3) is 2.53. The number of benzene rings is 2. The van der Waals surface area contributed by atoms with Crippen molar-refractivity contribution in [2.75, 3.05) is 6.61 Å². The molecule has 0 aromatic heterocycles. The van der Waals surface area contributed by atoms with Crippen LogP contribution >= 0.6 is 0 Å². The monoisotopic (exact) mass is 347 g/mol. The SMILES string of the molecule is CC1=C(C)[C@H](c2ccccc2)[C@@H](N2C(=O)OC[C@@H]2c2ccccc2)C1=O. The molecule has 2 aromatic carbocycles. The molecule has 1 fully saturated rings. The predicted molar refractivity (Wildman–Crippen MR) is 98.7 cm³/mol. The van der Waals surface area contributed by atoms with Gasteiger partial charge in [0.05, 0.1) is 6.04 Å². The third-order valence-corrected chi connectivity index (χ3v) is 5.57. The summed E-state index contributed by atoms with van der Waals surface area (Å²) in [6.07, 6.45) is -0.416. The zero-order chi connectivity index (χ0) is 18.3. The summed E-state index contributed by atoms with van der Waals surface area (Å²) in [7, 11) is 0. The van der Waals surface area contributed by atoms with Gasteiger partial charge in [0.2, 0.25) is 0 Å². The third-order valence-electron chi connectivity index (χ3n) is 5.57. The molecular formula is C22H21NO3. The fourth-order valence-corrected chi connectivity index (χ4v) is 4.09. The molecule has 2 aromatic rings. The average Bonchev–Trinajstić information content (AvgIpc) is 3.16. The highest BCUT2D eigenvalue weighted by Gasteiger charge is 2.50. The van der Waals surface area contributed by atoms with Crippen molar-refractivity contribution in [2.45, 2.75) is 31.8 Å². The van der Waals surface area contributed by atoms with E-state index in [9.17, 15) is 9.59 Å². The number of rotatable bonds is 3. The van der Waals surface area contributed by atoms with Gasteiger partial charge in [-0.05, 0) is 30.5 Å². The van der Waals surface area contributed by atoms with Gasteiger partial charge in [-0.15, -0.1) is 0 Å². The Bertz CT molecular complexity index is 873. The summed E-state index contributed by atoms with van der Waals surface area (Å²) in [4.78, 5) is 27.4. The maximum absolute atomic E-state index is 13.1. The first-order chi connectivity index (χ1) is 12.6. The Morgan fingerprint density at radius 1 is 0.885 bits per heavy atom. The standard InChI is InChI=1S/C22H21NO3/c1-14-15(2)21(24)20(19(14)17-11-7-4-8-12-17)23-18(13-26-22(23)25)16-9-5-3-6-10-16/h3-12,18-20H,13H2,1-2H3/t18-,19-,20-/m1/s1. The van der Waals surface area contributed by atoms with E-state index in [1.165, 1.54) is 0 Å². The van der Waals surface area contributed by atoms with Crippen molar-refractivity contribution in [2.24, 2.45) is 0 Å². The fourth-order valence-electron chi connectivity index (χ4n) is 4.09. The zero-order valence-corrected chi connectivity index (χ0v) is 14.9. The van der Waals surface area contributed by atoms with Gasteiger partial charge in [-0.25, -0.2) is 4.79 Å². The molecular weight excluding hydrogens is 326 g/mol. The lowest BCUT2D eigenvalue weighted by Crippen LogP contribution is -2.44. The fraction of sp³-hybridized carbons (Fsp3) is 0.273. The number of carbonyl (C=O) groups is 2. The molecule has 0 saturated carbocycles. The highest BCUT2D eigenvalue weighted by molar-refractivity contribution is 6.05. The topological polar surface area (TPSA) is 46.6 Å². The summed E-state index contributed by atoms with van der Waals surface area (Å²) in [5, 5.41) is 0. The van der Waals surface area contributed by atoms with Gasteiger partial charge in [0, 0.05) is 5.92 Å². The smallest absolute Gasteiger partial charge is 0.411 e. The van der Waals surface area contributed by atoms with Crippen molar-refractivity contribution in [3.05, 3.63) is 82.9 Å². The molecule has 1 heterocycles. The molecule has 0 N–H and O–H groups in total. The molecule has 1 aliphatic heterocycles. The lowest BCUT2D eigenvalue weighted by atomic mass is 9.88. The van der Waals surface area contributed by atoms with Crippen molar-refractivity contribution in [3.63, 3.8) is 0 Å². The molecule has 0 bridgehead atoms. The van der Waals surface area contributed by atoms with Crippen LogP contribution in [0, 0.1) is 0 Å². The Balaban J connectivity index is 1.79. The molecule has 0 unspecified atom stereocenters. The van der Waals surface area contributed by atoms with Crippen LogP contribution in [-0.2, 0) is 9.53 Å². The van der Waals surface area contributed by atoms with Crippen molar-refractivity contribution in [1.29, 1.82) is 0 Å². The summed E-state index contributed by atoms with van der Waals surface area (Å²) in [5.41, 5.74) is 3.81. The second-order valence-corrected chi connectivity index (χ2v) is 6.92. The number of hydrogen-bond acceptors (Lipinski definition) is 3. The average molecular weight is 347 g/mol. The Hall–Kier alpha value is -2.88. The normalized spacial score (nSPS) is 25.8. The minimum absolute atomic E-state index is 0.0103. The van der Waals surface area contributed by atoms with Crippen LogP contribution in [0.25, 0.3) is 0 Å². The quantitative estimate of drug-likeness (QED) is 0.834. The van der Waals surface area contributed by atoms with Crippen LogP contribution in [0.4, 0.5) is 4.79 Å². The van der Waals surface area contributed by atoms with Crippen LogP contribution in [-0.4, -0.2) is 29.4 Å². The zero-order valence-electron chi connectivity index (χ0n) is 14.9. The van der Waals surface area contributed by atoms with Gasteiger partial charge in [0.1, 0.15) is 12.6 Å². The molecule has 4 nitrogen and oxygen atoms in total. The number of nitrogens with zero attached hydrogens (tertiary/aromatic N) is 1. The van der Waals surface area contributed by atoms with Crippen LogP contribution in [0.15, 0.2) is 71.8 Å². The van der Waals surface area contributed by atoms with E-state index < -0.39 is 12.1 Å². The van der Waals surface area contributed by atoms with Crippen LogP contribution in [0.5, 0.6) is 0 Å². The highest BCUT2D eigenvalue weighted by Crippen LogP contribution is 2.44. The molecule has 1 amide bonds. The van der Waals surface area contributed by atoms with E-state index in [4.69, 9.17) is 4.74 Å². The van der Waals surface area contributed by atoms with Crippen LogP contribution in [0.1, 0.15) is 36.9 Å². The van der Waals surface area contributed by atoms with Crippen LogP contribution < -0.4 is 0 Å². The maximum atomic E-state index is 13.1. The molecule has 4 heteroatoms. The maximum Gasteiger partial charge on any atom is 0.411 e. The molecule has 2 aliphatic rings. The minimum Gasteiger partial charge on any atom is -0.447 e. The number of Topliss-reactive ketones (excluding diaryl/α,β-unsaturated/α-hetero) is 1. The number of hydrogen-bond donors (Lipinski definition) is 0. The number of ether oxygens (including phenoxy) is 1. The summed E-state index contributed by atoms with van der Waals surface area (Å²) >= 11 is 0. The summed E-state index contributed by atoms with van der Waals surface area (Å²) < 4.78 is 5.36. The van der Waals surface area contributed by atoms with E-state index >= 15 is 0 Å². The predicted octanol–water partition coefficient (Wildman–Crippen LogP) is 4.25. The molecule has 3 atom stereocenters. The summed E-state index contributed by atoms with van der Waals surface area (Å²) in [6, 6.07) is 18.9. The van der Waals surface area contributed by atoms with Crippen molar-refractivity contribution in [3.8, 4) is 0 Å². The first-order valence-electron chi connectivity index (χ1n) is 8.86. The van der Waals surface area contributed by atoms with Crippen molar-refractivity contribution < 1.29 is 14.3 Å². The summed E-state index contributed by atoms with van der Waals surface area (Å²) in [5.74, 6) is -0.128. The van der Waals surface area contributed by atoms with Crippen molar-refractivity contribution >= 4 is 11.9 Å². The number of carbonyl (C=O) groups excluding carboxylic acids is 2. The first kappa shape index (κ1) is 16.6. The largest absolute Gasteiger partial charge is 0.447 e. The van der Waals surface area contributed by atoms with E-state index in [2.05, 4.69) is 0 Å². The van der Waals surface area contributed by atoms with E-state index in [-0.39, 0.29) is 24.3 Å². The summed E-state index contributed by atoms with van der Waals surface area (Å²) in [6.45, 7) is 4.11. The molecule has 1 saturated heterocycles. The minimum atomic E-state index is -0.558. The highest BCUT2D eigenvalue weighted by atomic mass is 16.6. The second kappa shape index (κ2) is 6.45. The molecule has 132 valence electrons. The van der Waals surface area contributed by atoms with Gasteiger partial charge in [0.15, 0.2) is 5.78 Å². The van der Waals surface area contributed by atoms with E-state index in [0.717, 1.165) is 22.3 Å². The first-order valence-corrected chi connectivity index (χ1v) is 8.86. The molecule has 0 spiro atoms. The second-order valence-electron chi connectivity index (χ2n) is 6.92. The Morgan fingerprint density at radius 2 is 1.46 bits per heavy atom. The van der Waals surface area contributed by atoms with E-state index in [1.807, 2.05) is 74.5 Å². The van der Waals surface area contributed by atoms with Gasteiger partial charge in [-0.1, -0.05) is 66.2 Å². The van der Waals surface area contributed by atoms with Gasteiger partial charge in [-0.2, -0.15) is 0 Å². The van der Waals surface area contributed by atoms with Gasteiger partial charge in [0.25, 0.3) is 0 Å². The molecule has 4 rings (SSSR count). The Kier molecular flexibility index (Phi) is 4.11. The number of cyclic esters (lactones) is 1.